The smallest absolute Gasteiger partial charge is 0.204 e. The van der Waals surface area contributed by atoms with Gasteiger partial charge in [-0.3, -0.25) is 0 Å². The van der Waals surface area contributed by atoms with Crippen molar-refractivity contribution in [2.75, 3.05) is 20.8 Å². The third kappa shape index (κ3) is 4.24. The molecular weight excluding hydrogens is 360 g/mol. The highest BCUT2D eigenvalue weighted by atomic mass is 16.8. The predicted octanol–water partition coefficient (Wildman–Crippen LogP) is 2.94. The number of aromatic nitrogens is 4. The number of benzene rings is 1. The third-order valence-corrected chi connectivity index (χ3v) is 4.91. The lowest BCUT2D eigenvalue weighted by molar-refractivity contribution is -0.289. The summed E-state index contributed by atoms with van der Waals surface area (Å²) in [6.07, 6.45) is 5.23. The molecule has 2 atom stereocenters. The van der Waals surface area contributed by atoms with Crippen LogP contribution in [0, 0.1) is 13.8 Å². The molecule has 0 bridgehead atoms. The van der Waals surface area contributed by atoms with E-state index in [0.717, 1.165) is 28.9 Å². The summed E-state index contributed by atoms with van der Waals surface area (Å²) in [7, 11) is 5.00. The number of hydrogen-bond donors (Lipinski definition) is 0. The molecule has 2 unspecified atom stereocenters. The van der Waals surface area contributed by atoms with Gasteiger partial charge in [0.15, 0.2) is 11.6 Å². The Morgan fingerprint density at radius 2 is 1.82 bits per heavy atom. The lowest BCUT2D eigenvalue weighted by atomic mass is 10.1. The van der Waals surface area contributed by atoms with Gasteiger partial charge in [0.2, 0.25) is 5.82 Å². The van der Waals surface area contributed by atoms with Gasteiger partial charge in [-0.2, -0.15) is 4.80 Å². The van der Waals surface area contributed by atoms with Crippen molar-refractivity contribution in [3.63, 3.8) is 0 Å². The Hall–Kier alpha value is -2.29. The lowest BCUT2D eigenvalue weighted by Crippen LogP contribution is -2.38. The average molecular weight is 388 g/mol. The van der Waals surface area contributed by atoms with Gasteiger partial charge in [-0.05, 0) is 67.8 Å². The highest BCUT2D eigenvalue weighted by Crippen LogP contribution is 2.36. The van der Waals surface area contributed by atoms with Crippen LogP contribution in [0.3, 0.4) is 0 Å². The minimum Gasteiger partial charge on any atom is -0.493 e. The van der Waals surface area contributed by atoms with Crippen LogP contribution in [0.4, 0.5) is 0 Å². The van der Waals surface area contributed by atoms with Crippen molar-refractivity contribution >= 4 is 0 Å². The van der Waals surface area contributed by atoms with Crippen LogP contribution in [0.25, 0.3) is 11.4 Å². The molecule has 8 nitrogen and oxygen atoms in total. The second-order valence-electron chi connectivity index (χ2n) is 7.17. The molecule has 0 N–H and O–H groups in total. The molecule has 0 aliphatic carbocycles. The van der Waals surface area contributed by atoms with Crippen LogP contribution < -0.4 is 4.74 Å². The molecule has 0 spiro atoms. The minimum atomic E-state index is -0.778. The first-order valence-electron chi connectivity index (χ1n) is 9.29. The van der Waals surface area contributed by atoms with Crippen LogP contribution in [0.2, 0.25) is 0 Å². The molecule has 0 fully saturated rings. The van der Waals surface area contributed by atoms with E-state index in [2.05, 4.69) is 15.4 Å². The predicted molar refractivity (Wildman–Crippen MR) is 104 cm³/mol. The Balaban J connectivity index is 1.60. The van der Waals surface area contributed by atoms with Crippen molar-refractivity contribution in [1.82, 2.24) is 20.2 Å². The molecule has 8 heteroatoms. The van der Waals surface area contributed by atoms with Gasteiger partial charge in [0.1, 0.15) is 5.75 Å². The van der Waals surface area contributed by atoms with Crippen LogP contribution >= 0.6 is 0 Å². The number of methoxy groups -OCH3 is 2. The van der Waals surface area contributed by atoms with E-state index in [-0.39, 0.29) is 0 Å². The molecule has 0 amide bonds. The molecule has 0 saturated carbocycles. The summed E-state index contributed by atoms with van der Waals surface area (Å²) in [6.45, 7) is 6.45. The monoisotopic (exact) mass is 388 g/mol. The summed E-state index contributed by atoms with van der Waals surface area (Å²) in [5, 5.41) is 12.2. The number of aryl methyl sites for hydroxylation is 3. The third-order valence-electron chi connectivity index (χ3n) is 4.91. The summed E-state index contributed by atoms with van der Waals surface area (Å²) < 4.78 is 23.0. The van der Waals surface area contributed by atoms with Gasteiger partial charge in [-0.15, -0.1) is 10.2 Å². The van der Waals surface area contributed by atoms with Crippen molar-refractivity contribution in [2.24, 2.45) is 7.05 Å². The van der Waals surface area contributed by atoms with Gasteiger partial charge in [0.25, 0.3) is 0 Å². The maximum Gasteiger partial charge on any atom is 0.204 e. The van der Waals surface area contributed by atoms with E-state index in [1.54, 1.807) is 21.3 Å². The van der Waals surface area contributed by atoms with Gasteiger partial charge in [-0.25, -0.2) is 0 Å². The summed E-state index contributed by atoms with van der Waals surface area (Å²) in [5.74, 6) is -0.0501. The van der Waals surface area contributed by atoms with Crippen molar-refractivity contribution in [1.29, 1.82) is 0 Å². The summed E-state index contributed by atoms with van der Waals surface area (Å²) in [6, 6.07) is 4.03. The number of ether oxygens (including phenoxy) is 4. The number of nitrogens with zero attached hydrogens (tertiary/aromatic N) is 4. The van der Waals surface area contributed by atoms with Gasteiger partial charge in [-0.1, -0.05) is 0 Å². The van der Waals surface area contributed by atoms with Crippen LogP contribution in [0.15, 0.2) is 24.3 Å². The fourth-order valence-corrected chi connectivity index (χ4v) is 3.34. The van der Waals surface area contributed by atoms with E-state index in [1.807, 2.05) is 45.1 Å². The van der Waals surface area contributed by atoms with Crippen molar-refractivity contribution in [3.8, 4) is 17.1 Å². The molecule has 2 aromatic rings. The second-order valence-corrected chi connectivity index (χ2v) is 7.17. The van der Waals surface area contributed by atoms with Gasteiger partial charge in [0.05, 0.1) is 13.7 Å². The molecule has 0 saturated heterocycles. The lowest BCUT2D eigenvalue weighted by Gasteiger charge is -2.31. The number of rotatable bonds is 8. The average Bonchev–Trinajstić information content (AvgIpc) is 3.25. The summed E-state index contributed by atoms with van der Waals surface area (Å²) >= 11 is 0. The molecule has 2 heterocycles. The zero-order valence-corrected chi connectivity index (χ0v) is 17.4. The van der Waals surface area contributed by atoms with E-state index < -0.39 is 11.6 Å². The SMILES string of the molecule is COC1(C)C=CC(CCCOc2c(C)cc(-c3nnn(C)n3)cc2C)(OC)O1. The zero-order valence-electron chi connectivity index (χ0n) is 17.4. The molecule has 1 aliphatic heterocycles. The Labute approximate surface area is 165 Å². The second kappa shape index (κ2) is 7.98. The van der Waals surface area contributed by atoms with E-state index in [9.17, 15) is 0 Å². The van der Waals surface area contributed by atoms with Crippen molar-refractivity contribution in [3.05, 3.63) is 35.4 Å². The largest absolute Gasteiger partial charge is 0.493 e. The van der Waals surface area contributed by atoms with Crippen LogP contribution in [-0.4, -0.2) is 52.6 Å². The first-order valence-corrected chi connectivity index (χ1v) is 9.29. The topological polar surface area (TPSA) is 80.5 Å². The molecule has 0 radical (unpaired) electrons. The zero-order chi connectivity index (χ0) is 20.4. The minimum absolute atomic E-state index is 0.552. The maximum absolute atomic E-state index is 6.06. The summed E-state index contributed by atoms with van der Waals surface area (Å²) in [4.78, 5) is 1.45. The fraction of sp³-hybridized carbons (Fsp3) is 0.550. The van der Waals surface area contributed by atoms with Crippen LogP contribution in [0.5, 0.6) is 5.75 Å². The first kappa shape index (κ1) is 20.4. The normalized spacial score (nSPS) is 24.1. The number of tetrazole rings is 1. The first-order chi connectivity index (χ1) is 13.3. The van der Waals surface area contributed by atoms with Gasteiger partial charge >= 0.3 is 0 Å². The Morgan fingerprint density at radius 3 is 2.36 bits per heavy atom. The summed E-state index contributed by atoms with van der Waals surface area (Å²) in [5.41, 5.74) is 3.00. The molecule has 1 aromatic heterocycles. The highest BCUT2D eigenvalue weighted by molar-refractivity contribution is 5.60. The molecule has 28 heavy (non-hydrogen) atoms. The number of hydrogen-bond acceptors (Lipinski definition) is 7. The van der Waals surface area contributed by atoms with E-state index in [0.29, 0.717) is 18.9 Å². The molecular formula is C20H28N4O4. The molecule has 1 aliphatic rings. The van der Waals surface area contributed by atoms with Gasteiger partial charge in [0, 0.05) is 26.2 Å². The molecule has 1 aromatic carbocycles. The molecule has 3 rings (SSSR count). The van der Waals surface area contributed by atoms with E-state index in [4.69, 9.17) is 18.9 Å². The standard InChI is InChI=1S/C20H28N4O4/c1-14-12-16(18-21-23-24(4)22-18)13-15(2)17(14)27-11-7-8-20(26-6)10-9-19(3,25-5)28-20/h9-10,12-13H,7-8,11H2,1-6H3. The van der Waals surface area contributed by atoms with Crippen molar-refractivity contribution < 1.29 is 18.9 Å². The Kier molecular flexibility index (Phi) is 5.83. The Bertz CT molecular complexity index is 843. The Morgan fingerprint density at radius 1 is 1.11 bits per heavy atom. The quantitative estimate of drug-likeness (QED) is 0.508. The van der Waals surface area contributed by atoms with Crippen molar-refractivity contribution in [2.45, 2.75) is 45.2 Å². The van der Waals surface area contributed by atoms with Crippen LogP contribution in [-0.2, 0) is 21.3 Å². The highest BCUT2D eigenvalue weighted by Gasteiger charge is 2.42. The van der Waals surface area contributed by atoms with Crippen LogP contribution in [0.1, 0.15) is 30.9 Å². The molecule has 152 valence electrons. The maximum atomic E-state index is 6.06. The van der Waals surface area contributed by atoms with E-state index >= 15 is 0 Å². The van der Waals surface area contributed by atoms with E-state index in [1.165, 1.54) is 4.80 Å². The fourth-order valence-electron chi connectivity index (χ4n) is 3.34. The van der Waals surface area contributed by atoms with Gasteiger partial charge < -0.3 is 18.9 Å².